The summed E-state index contributed by atoms with van der Waals surface area (Å²) < 4.78 is 0. The monoisotopic (exact) mass is 320 g/mol. The van der Waals surface area contributed by atoms with Crippen LogP contribution >= 0.6 is 0 Å². The second-order valence-corrected chi connectivity index (χ2v) is 6.76. The molecule has 6 heteroatoms. The normalized spacial score (nSPS) is 24.2. The Kier molecular flexibility index (Phi) is 3.23. The lowest BCUT2D eigenvalue weighted by Gasteiger charge is -2.46. The van der Waals surface area contributed by atoms with E-state index in [2.05, 4.69) is 43.7 Å². The number of benzene rings is 1. The van der Waals surface area contributed by atoms with Gasteiger partial charge in [0, 0.05) is 49.7 Å². The maximum atomic E-state index is 4.72. The van der Waals surface area contributed by atoms with Crippen LogP contribution in [0.1, 0.15) is 17.5 Å². The topological polar surface area (TPSA) is 65.4 Å². The highest BCUT2D eigenvalue weighted by molar-refractivity contribution is 5.86. The van der Waals surface area contributed by atoms with Gasteiger partial charge in [0.15, 0.2) is 0 Å². The van der Waals surface area contributed by atoms with Gasteiger partial charge in [0.2, 0.25) is 5.95 Å². The Balaban J connectivity index is 1.34. The molecule has 1 aromatic heterocycles. The zero-order valence-electron chi connectivity index (χ0n) is 13.4. The number of fused-ring (bicyclic) bond motifs is 2. The largest absolute Gasteiger partial charge is 0.340 e. The molecule has 0 bridgehead atoms. The smallest absolute Gasteiger partial charge is 0.227 e. The molecule has 2 saturated heterocycles. The molecule has 122 valence electrons. The summed E-state index contributed by atoms with van der Waals surface area (Å²) in [5, 5.41) is 6.89. The number of hydrogen-bond acceptors (Lipinski definition) is 6. The van der Waals surface area contributed by atoms with Crippen molar-refractivity contribution in [2.45, 2.75) is 19.0 Å². The number of anilines is 3. The predicted molar refractivity (Wildman–Crippen MR) is 95.2 cm³/mol. The molecule has 2 aromatic rings. The lowest BCUT2D eigenvalue weighted by molar-refractivity contribution is 0.197. The van der Waals surface area contributed by atoms with Gasteiger partial charge in [-0.15, -0.1) is 0 Å². The van der Waals surface area contributed by atoms with E-state index in [1.165, 1.54) is 17.5 Å². The minimum atomic E-state index is 0.704. The van der Waals surface area contributed by atoms with Crippen LogP contribution < -0.4 is 15.5 Å². The first kappa shape index (κ1) is 13.9. The van der Waals surface area contributed by atoms with Crippen LogP contribution in [0.3, 0.4) is 0 Å². The van der Waals surface area contributed by atoms with Crippen LogP contribution in [0.15, 0.2) is 35.5 Å². The molecule has 0 radical (unpaired) electrons. The van der Waals surface area contributed by atoms with Crippen molar-refractivity contribution in [2.75, 3.05) is 29.9 Å². The van der Waals surface area contributed by atoms with Gasteiger partial charge < -0.3 is 15.5 Å². The number of aromatic nitrogens is 2. The molecule has 3 aliphatic heterocycles. The van der Waals surface area contributed by atoms with Crippen LogP contribution in [0, 0.1) is 5.92 Å². The summed E-state index contributed by atoms with van der Waals surface area (Å²) in [6.07, 6.45) is 4.95. The van der Waals surface area contributed by atoms with E-state index in [0.717, 1.165) is 49.6 Å². The Bertz CT molecular complexity index is 802. The summed E-state index contributed by atoms with van der Waals surface area (Å²) in [6.45, 7) is 3.98. The fourth-order valence-electron chi connectivity index (χ4n) is 3.73. The van der Waals surface area contributed by atoms with Crippen LogP contribution in [0.5, 0.6) is 0 Å². The minimum absolute atomic E-state index is 0.704. The van der Waals surface area contributed by atoms with Crippen molar-refractivity contribution in [3.8, 4) is 0 Å². The average molecular weight is 320 g/mol. The van der Waals surface area contributed by atoms with Crippen LogP contribution in [0.25, 0.3) is 0 Å². The molecule has 0 saturated carbocycles. The predicted octanol–water partition coefficient (Wildman–Crippen LogP) is 1.95. The van der Waals surface area contributed by atoms with E-state index in [9.17, 15) is 0 Å². The fourth-order valence-corrected chi connectivity index (χ4v) is 3.73. The molecule has 3 aliphatic rings. The van der Waals surface area contributed by atoms with Crippen molar-refractivity contribution < 1.29 is 0 Å². The quantitative estimate of drug-likeness (QED) is 0.905. The van der Waals surface area contributed by atoms with E-state index in [1.807, 2.05) is 18.5 Å². The van der Waals surface area contributed by atoms with E-state index in [0.29, 0.717) is 6.04 Å². The third-order valence-corrected chi connectivity index (χ3v) is 5.21. The molecule has 5 rings (SSSR count). The Morgan fingerprint density at radius 1 is 1.25 bits per heavy atom. The molecular formula is C18H20N6. The van der Waals surface area contributed by atoms with Gasteiger partial charge in [0.1, 0.15) is 5.82 Å². The number of aliphatic imine (C=N–C) groups is 1. The van der Waals surface area contributed by atoms with Crippen LogP contribution in [0.2, 0.25) is 0 Å². The third kappa shape index (κ3) is 2.43. The van der Waals surface area contributed by atoms with E-state index in [-0.39, 0.29) is 0 Å². The molecule has 6 nitrogen and oxygen atoms in total. The lowest BCUT2D eigenvalue weighted by Crippen LogP contribution is -2.61. The zero-order chi connectivity index (χ0) is 15.9. The minimum Gasteiger partial charge on any atom is -0.340 e. The van der Waals surface area contributed by atoms with Gasteiger partial charge in [-0.2, -0.15) is 4.98 Å². The van der Waals surface area contributed by atoms with E-state index < -0.39 is 0 Å². The molecule has 0 amide bonds. The number of piperidine rings is 1. The van der Waals surface area contributed by atoms with Crippen LogP contribution in [-0.4, -0.2) is 41.9 Å². The molecule has 2 fully saturated rings. The van der Waals surface area contributed by atoms with Gasteiger partial charge in [-0.25, -0.2) is 4.98 Å². The van der Waals surface area contributed by atoms with Crippen molar-refractivity contribution in [3.05, 3.63) is 41.6 Å². The second kappa shape index (κ2) is 5.56. The van der Waals surface area contributed by atoms with Gasteiger partial charge in [-0.3, -0.25) is 4.99 Å². The van der Waals surface area contributed by atoms with Crippen molar-refractivity contribution in [3.63, 3.8) is 0 Å². The zero-order valence-corrected chi connectivity index (χ0v) is 13.4. The summed E-state index contributed by atoms with van der Waals surface area (Å²) in [6, 6.07) is 8.96. The van der Waals surface area contributed by atoms with Gasteiger partial charge >= 0.3 is 0 Å². The lowest BCUT2D eigenvalue weighted by atomic mass is 9.85. The van der Waals surface area contributed by atoms with Crippen molar-refractivity contribution >= 4 is 23.7 Å². The van der Waals surface area contributed by atoms with Gasteiger partial charge in [0.25, 0.3) is 0 Å². The highest BCUT2D eigenvalue weighted by Gasteiger charge is 2.36. The Labute approximate surface area is 141 Å². The molecule has 2 atom stereocenters. The Morgan fingerprint density at radius 3 is 3.12 bits per heavy atom. The first-order chi connectivity index (χ1) is 11.8. The van der Waals surface area contributed by atoms with Gasteiger partial charge in [-0.05, 0) is 35.7 Å². The molecule has 0 unspecified atom stereocenters. The number of nitrogens with zero attached hydrogens (tertiary/aromatic N) is 4. The van der Waals surface area contributed by atoms with Crippen molar-refractivity contribution in [1.82, 2.24) is 15.3 Å². The number of hydrogen-bond donors (Lipinski definition) is 2. The molecule has 0 aliphatic carbocycles. The highest BCUT2D eigenvalue weighted by atomic mass is 15.3. The Morgan fingerprint density at radius 2 is 2.25 bits per heavy atom. The van der Waals surface area contributed by atoms with E-state index in [1.54, 1.807) is 0 Å². The van der Waals surface area contributed by atoms with Crippen LogP contribution in [0.4, 0.5) is 17.5 Å². The first-order valence-electron chi connectivity index (χ1n) is 8.56. The number of rotatable bonds is 3. The summed E-state index contributed by atoms with van der Waals surface area (Å²) in [4.78, 5) is 15.8. The third-order valence-electron chi connectivity index (χ3n) is 5.21. The van der Waals surface area contributed by atoms with E-state index in [4.69, 9.17) is 4.98 Å². The molecule has 4 heterocycles. The van der Waals surface area contributed by atoms with Crippen molar-refractivity contribution in [1.29, 1.82) is 0 Å². The summed E-state index contributed by atoms with van der Waals surface area (Å²) in [7, 11) is 0. The van der Waals surface area contributed by atoms with E-state index >= 15 is 0 Å². The average Bonchev–Trinajstić information content (AvgIpc) is 3.04. The summed E-state index contributed by atoms with van der Waals surface area (Å²) in [5.41, 5.74) is 3.50. The summed E-state index contributed by atoms with van der Waals surface area (Å²) >= 11 is 0. The first-order valence-corrected chi connectivity index (χ1v) is 8.56. The maximum absolute atomic E-state index is 4.72. The second-order valence-electron chi connectivity index (χ2n) is 6.76. The maximum Gasteiger partial charge on any atom is 0.227 e. The molecule has 0 spiro atoms. The number of nitrogens with one attached hydrogen (secondary N) is 2. The SMILES string of the molecule is C1=NCc2ccc(Nc3ccnc(N4CC[C@@H]5NC[C@@H]5C4)n3)cc21. The molecular weight excluding hydrogens is 300 g/mol. The molecule has 1 aromatic carbocycles. The standard InChI is InChI=1S/C18H20N6/c1-2-15(7-13-9-19-8-12(1)13)22-17-3-5-20-18(23-17)24-6-4-16-14(11-24)10-21-16/h1-3,5,7,9,14,16,21H,4,6,8,10-11H2,(H,20,22,23)/t14-,16+/m1/s1. The molecule has 24 heavy (non-hydrogen) atoms. The van der Waals surface area contributed by atoms with Crippen molar-refractivity contribution in [2.24, 2.45) is 10.9 Å². The summed E-state index contributed by atoms with van der Waals surface area (Å²) in [5.74, 6) is 2.41. The van der Waals surface area contributed by atoms with Gasteiger partial charge in [0.05, 0.1) is 6.54 Å². The Hall–Kier alpha value is -2.47. The van der Waals surface area contributed by atoms with Crippen LogP contribution in [-0.2, 0) is 6.54 Å². The molecule has 2 N–H and O–H groups in total. The highest BCUT2D eigenvalue weighted by Crippen LogP contribution is 2.27. The van der Waals surface area contributed by atoms with Gasteiger partial charge in [-0.1, -0.05) is 6.07 Å². The fraction of sp³-hybridized carbons (Fsp3) is 0.389.